The average molecular weight is 289 g/mol. The fraction of sp³-hybridized carbons (Fsp3) is 0.200. The van der Waals surface area contributed by atoms with E-state index in [4.69, 9.17) is 10.7 Å². The molecular weight excluding hydrogens is 280 g/mol. The molecule has 96 valence electrons. The van der Waals surface area contributed by atoms with Crippen molar-refractivity contribution in [1.29, 1.82) is 0 Å². The number of aromatic nitrogens is 2. The van der Waals surface area contributed by atoms with Crippen molar-refractivity contribution in [3.8, 4) is 0 Å². The van der Waals surface area contributed by atoms with Crippen LogP contribution < -0.4 is 0 Å². The molecule has 0 radical (unpaired) electrons. The number of fused-ring (bicyclic) bond motifs is 1. The molecule has 2 rings (SSSR count). The molecule has 0 aliphatic carbocycles. The number of carbonyl (C=O) groups is 1. The maximum atomic E-state index is 11.5. The minimum Gasteiger partial charge on any atom is -0.464 e. The van der Waals surface area contributed by atoms with Gasteiger partial charge >= 0.3 is 5.97 Å². The maximum absolute atomic E-state index is 11.5. The quantitative estimate of drug-likeness (QED) is 0.614. The van der Waals surface area contributed by atoms with Gasteiger partial charge in [-0.1, -0.05) is 0 Å². The molecule has 0 N–H and O–H groups in total. The lowest BCUT2D eigenvalue weighted by atomic mass is 10.2. The number of carbonyl (C=O) groups excluding carboxylic acids is 1. The van der Waals surface area contributed by atoms with E-state index in [0.29, 0.717) is 10.9 Å². The summed E-state index contributed by atoms with van der Waals surface area (Å²) < 4.78 is 28.6. The van der Waals surface area contributed by atoms with Crippen molar-refractivity contribution < 1.29 is 17.9 Å². The van der Waals surface area contributed by atoms with Crippen LogP contribution in [0.3, 0.4) is 0 Å². The Hall–Kier alpha value is -1.60. The van der Waals surface area contributed by atoms with Crippen LogP contribution in [0.25, 0.3) is 10.9 Å². The minimum absolute atomic E-state index is 0.0529. The molecule has 0 spiro atoms. The number of methoxy groups -OCH3 is 1. The number of benzene rings is 1. The topological polar surface area (TPSA) is 78.3 Å². The summed E-state index contributed by atoms with van der Waals surface area (Å²) in [6.45, 7) is 0. The number of halogens is 1. The number of rotatable bonds is 2. The van der Waals surface area contributed by atoms with E-state index < -0.39 is 15.0 Å². The summed E-state index contributed by atoms with van der Waals surface area (Å²) in [5.74, 6) is -0.635. The molecular formula is C10H9ClN2O4S. The Labute approximate surface area is 108 Å². The van der Waals surface area contributed by atoms with Crippen LogP contribution in [-0.4, -0.2) is 31.3 Å². The molecule has 0 atom stereocenters. The van der Waals surface area contributed by atoms with Gasteiger partial charge in [-0.05, 0) is 18.2 Å². The van der Waals surface area contributed by atoms with Crippen LogP contribution in [0.2, 0.25) is 0 Å². The lowest BCUT2D eigenvalue weighted by Crippen LogP contribution is -2.03. The Kier molecular flexibility index (Phi) is 3.04. The van der Waals surface area contributed by atoms with E-state index in [0.717, 1.165) is 0 Å². The van der Waals surface area contributed by atoms with Crippen LogP contribution in [0, 0.1) is 0 Å². The van der Waals surface area contributed by atoms with E-state index in [9.17, 15) is 13.2 Å². The lowest BCUT2D eigenvalue weighted by molar-refractivity contribution is 0.0595. The summed E-state index contributed by atoms with van der Waals surface area (Å²) >= 11 is 0. The van der Waals surface area contributed by atoms with Crippen molar-refractivity contribution in [2.45, 2.75) is 4.90 Å². The predicted octanol–water partition coefficient (Wildman–Crippen LogP) is 1.29. The Morgan fingerprint density at radius 2 is 2.11 bits per heavy atom. The Balaban J connectivity index is 2.78. The van der Waals surface area contributed by atoms with Gasteiger partial charge < -0.3 is 4.74 Å². The third-order valence-electron chi connectivity index (χ3n) is 2.48. The molecule has 0 aliphatic rings. The van der Waals surface area contributed by atoms with Crippen LogP contribution in [0.5, 0.6) is 0 Å². The van der Waals surface area contributed by atoms with Crippen LogP contribution in [0.4, 0.5) is 0 Å². The molecule has 1 heterocycles. The third-order valence-corrected chi connectivity index (χ3v) is 3.83. The Bertz CT molecular complexity index is 736. The third kappa shape index (κ3) is 2.06. The normalized spacial score (nSPS) is 11.7. The molecule has 2 aromatic rings. The van der Waals surface area contributed by atoms with Crippen LogP contribution in [0.15, 0.2) is 23.1 Å². The number of hydrogen-bond donors (Lipinski definition) is 0. The van der Waals surface area contributed by atoms with Gasteiger partial charge in [-0.25, -0.2) is 13.2 Å². The second-order valence-electron chi connectivity index (χ2n) is 3.58. The van der Waals surface area contributed by atoms with E-state index in [1.165, 1.54) is 30.0 Å². The van der Waals surface area contributed by atoms with Gasteiger partial charge in [0.25, 0.3) is 9.05 Å². The number of ether oxygens (including phenoxy) is 1. The molecule has 0 unspecified atom stereocenters. The first-order valence-corrected chi connectivity index (χ1v) is 7.15. The first-order chi connectivity index (χ1) is 8.34. The molecule has 0 saturated heterocycles. The molecule has 0 amide bonds. The molecule has 0 saturated carbocycles. The van der Waals surface area contributed by atoms with Gasteiger partial charge in [-0.3, -0.25) is 4.68 Å². The second kappa shape index (κ2) is 4.25. The lowest BCUT2D eigenvalue weighted by Gasteiger charge is -1.98. The SMILES string of the molecule is COC(=O)c1nn(C)c2ccc(S(=O)(=O)Cl)cc12. The molecule has 0 bridgehead atoms. The standard InChI is InChI=1S/C10H9ClN2O4S/c1-13-8-4-3-6(18(11,15)16)5-7(8)9(12-13)10(14)17-2/h3-5H,1-2H3. The van der Waals surface area contributed by atoms with Crippen LogP contribution in [0.1, 0.15) is 10.5 Å². The van der Waals surface area contributed by atoms with Gasteiger partial charge in [0.1, 0.15) is 0 Å². The zero-order chi connectivity index (χ0) is 13.5. The molecule has 1 aromatic heterocycles. The Morgan fingerprint density at radius 1 is 1.44 bits per heavy atom. The van der Waals surface area contributed by atoms with E-state index in [-0.39, 0.29) is 10.6 Å². The van der Waals surface area contributed by atoms with Crippen molar-refractivity contribution in [2.75, 3.05) is 7.11 Å². The van der Waals surface area contributed by atoms with Crippen LogP contribution >= 0.6 is 10.7 Å². The van der Waals surface area contributed by atoms with E-state index in [1.807, 2.05) is 0 Å². The molecule has 1 aromatic carbocycles. The predicted molar refractivity (Wildman–Crippen MR) is 65.1 cm³/mol. The van der Waals surface area contributed by atoms with Crippen molar-refractivity contribution in [3.63, 3.8) is 0 Å². The fourth-order valence-corrected chi connectivity index (χ4v) is 2.42. The molecule has 6 nitrogen and oxygen atoms in total. The number of nitrogens with zero attached hydrogens (tertiary/aromatic N) is 2. The van der Waals surface area contributed by atoms with E-state index in [1.54, 1.807) is 7.05 Å². The monoisotopic (exact) mass is 288 g/mol. The highest BCUT2D eigenvalue weighted by molar-refractivity contribution is 8.13. The molecule has 0 aliphatic heterocycles. The summed E-state index contributed by atoms with van der Waals surface area (Å²) in [6, 6.07) is 4.19. The highest BCUT2D eigenvalue weighted by Crippen LogP contribution is 2.24. The summed E-state index contributed by atoms with van der Waals surface area (Å²) in [6.07, 6.45) is 0. The number of esters is 1. The largest absolute Gasteiger partial charge is 0.464 e. The summed E-state index contributed by atoms with van der Waals surface area (Å²) in [4.78, 5) is 11.4. The smallest absolute Gasteiger partial charge is 0.359 e. The first kappa shape index (κ1) is 12.8. The van der Waals surface area contributed by atoms with Gasteiger partial charge in [0.15, 0.2) is 5.69 Å². The highest BCUT2D eigenvalue weighted by Gasteiger charge is 2.19. The van der Waals surface area contributed by atoms with Crippen molar-refractivity contribution in [2.24, 2.45) is 7.05 Å². The maximum Gasteiger partial charge on any atom is 0.359 e. The van der Waals surface area contributed by atoms with Gasteiger partial charge in [0, 0.05) is 23.1 Å². The highest BCUT2D eigenvalue weighted by atomic mass is 35.7. The number of hydrogen-bond acceptors (Lipinski definition) is 5. The fourth-order valence-electron chi connectivity index (χ4n) is 1.64. The number of aryl methyl sites for hydroxylation is 1. The zero-order valence-electron chi connectivity index (χ0n) is 9.55. The summed E-state index contributed by atoms with van der Waals surface area (Å²) in [5, 5.41) is 4.37. The van der Waals surface area contributed by atoms with Gasteiger partial charge in [-0.2, -0.15) is 5.10 Å². The molecule has 18 heavy (non-hydrogen) atoms. The van der Waals surface area contributed by atoms with E-state index >= 15 is 0 Å². The zero-order valence-corrected chi connectivity index (χ0v) is 11.1. The van der Waals surface area contributed by atoms with Gasteiger partial charge in [0.05, 0.1) is 17.5 Å². The Morgan fingerprint density at radius 3 is 2.67 bits per heavy atom. The average Bonchev–Trinajstić information content (AvgIpc) is 2.64. The summed E-state index contributed by atoms with van der Waals surface area (Å²) in [5.41, 5.74) is 0.664. The van der Waals surface area contributed by atoms with Gasteiger partial charge in [-0.15, -0.1) is 0 Å². The van der Waals surface area contributed by atoms with E-state index in [2.05, 4.69) is 9.84 Å². The molecule has 0 fully saturated rings. The van der Waals surface area contributed by atoms with Crippen molar-refractivity contribution in [1.82, 2.24) is 9.78 Å². The molecule has 8 heteroatoms. The van der Waals surface area contributed by atoms with Gasteiger partial charge in [0.2, 0.25) is 0 Å². The van der Waals surface area contributed by atoms with Crippen molar-refractivity contribution in [3.05, 3.63) is 23.9 Å². The second-order valence-corrected chi connectivity index (χ2v) is 6.15. The minimum atomic E-state index is -3.85. The first-order valence-electron chi connectivity index (χ1n) is 4.84. The van der Waals surface area contributed by atoms with Crippen molar-refractivity contribution >= 4 is 36.6 Å². The summed E-state index contributed by atoms with van der Waals surface area (Å²) in [7, 11) is 4.28. The van der Waals surface area contributed by atoms with Crippen LogP contribution in [-0.2, 0) is 20.8 Å².